The van der Waals surface area contributed by atoms with Gasteiger partial charge in [-0.05, 0) is 71.5 Å². The minimum atomic E-state index is -0.731. The van der Waals surface area contributed by atoms with E-state index in [1.54, 1.807) is 18.9 Å². The number of rotatable bonds is 11. The molecule has 4 unspecified atom stereocenters. The van der Waals surface area contributed by atoms with Gasteiger partial charge in [0.05, 0.1) is 18.1 Å². The van der Waals surface area contributed by atoms with E-state index in [4.69, 9.17) is 4.52 Å². The van der Waals surface area contributed by atoms with Crippen LogP contribution in [0.1, 0.15) is 103 Å². The van der Waals surface area contributed by atoms with E-state index in [-0.39, 0.29) is 41.6 Å². The van der Waals surface area contributed by atoms with Gasteiger partial charge in [-0.15, -0.1) is 0 Å². The average molecular weight is 760 g/mol. The van der Waals surface area contributed by atoms with Crippen LogP contribution in [-0.2, 0) is 45.0 Å². The molecule has 4 aromatic rings. The summed E-state index contributed by atoms with van der Waals surface area (Å²) >= 11 is 0. The maximum absolute atomic E-state index is 14.3. The van der Waals surface area contributed by atoms with Crippen LogP contribution < -0.4 is 16.0 Å². The van der Waals surface area contributed by atoms with Crippen LogP contribution in [0.15, 0.2) is 77.3 Å². The van der Waals surface area contributed by atoms with Gasteiger partial charge in [0.15, 0.2) is 5.82 Å². The van der Waals surface area contributed by atoms with Crippen molar-refractivity contribution in [1.29, 1.82) is 0 Å². The molecule has 1 fully saturated rings. The molecule has 0 radical (unpaired) electrons. The molecule has 12 nitrogen and oxygen atoms in total. The van der Waals surface area contributed by atoms with Crippen molar-refractivity contribution in [3.8, 4) is 0 Å². The Labute approximate surface area is 328 Å². The first kappa shape index (κ1) is 38.9. The van der Waals surface area contributed by atoms with Gasteiger partial charge in [0.25, 0.3) is 0 Å². The average Bonchev–Trinajstić information content (AvgIpc) is 3.84. The van der Waals surface area contributed by atoms with E-state index >= 15 is 0 Å². The van der Waals surface area contributed by atoms with Gasteiger partial charge in [-0.25, -0.2) is 0 Å². The molecular formula is C44H53N7O5. The summed E-state index contributed by atoms with van der Waals surface area (Å²) in [5, 5.41) is 13.8. The summed E-state index contributed by atoms with van der Waals surface area (Å²) in [5.74, 6) is 0.156. The molecule has 3 aliphatic rings. The molecule has 3 N–H and O–H groups in total. The number of likely N-dealkylation sites (tertiary alicyclic amines) is 1. The predicted molar refractivity (Wildman–Crippen MR) is 211 cm³/mol. The van der Waals surface area contributed by atoms with E-state index in [9.17, 15) is 19.2 Å². The second-order valence-electron chi connectivity index (χ2n) is 16.6. The lowest BCUT2D eigenvalue weighted by Crippen LogP contribution is -2.56. The Balaban J connectivity index is 1.10. The Kier molecular flexibility index (Phi) is 11.4. The van der Waals surface area contributed by atoms with Crippen LogP contribution in [0, 0.1) is 12.3 Å². The van der Waals surface area contributed by atoms with Crippen molar-refractivity contribution in [3.05, 3.63) is 118 Å². The fourth-order valence-corrected chi connectivity index (χ4v) is 8.85. The highest BCUT2D eigenvalue weighted by Gasteiger charge is 2.45. The molecule has 0 saturated carbocycles. The zero-order chi connectivity index (χ0) is 39.6. The van der Waals surface area contributed by atoms with Crippen LogP contribution in [0.2, 0.25) is 0 Å². The van der Waals surface area contributed by atoms with E-state index < -0.39 is 24.2 Å². The Morgan fingerprint density at radius 3 is 2.45 bits per heavy atom. The van der Waals surface area contributed by atoms with Crippen molar-refractivity contribution in [1.82, 2.24) is 35.9 Å². The second kappa shape index (κ2) is 16.4. The molecule has 1 saturated heterocycles. The third-order valence-corrected chi connectivity index (χ3v) is 11.7. The molecule has 4 amide bonds. The van der Waals surface area contributed by atoms with E-state index in [1.165, 1.54) is 10.5 Å². The Hall–Kier alpha value is -5.36. The van der Waals surface area contributed by atoms with Gasteiger partial charge in [0, 0.05) is 38.8 Å². The van der Waals surface area contributed by atoms with E-state index in [0.29, 0.717) is 37.5 Å². The number of aryl methyl sites for hydroxylation is 2. The number of nitrogens with zero attached hydrogens (tertiary/aromatic N) is 4. The number of benzene rings is 3. The maximum atomic E-state index is 14.3. The van der Waals surface area contributed by atoms with Crippen LogP contribution in [0.25, 0.3) is 0 Å². The van der Waals surface area contributed by atoms with Gasteiger partial charge >= 0.3 is 0 Å². The number of carbonyl (C=O) groups is 4. The van der Waals surface area contributed by atoms with Gasteiger partial charge in [-0.1, -0.05) is 98.7 Å². The van der Waals surface area contributed by atoms with Crippen LogP contribution in [0.4, 0.5) is 0 Å². The van der Waals surface area contributed by atoms with Crippen LogP contribution in [0.5, 0.6) is 0 Å². The van der Waals surface area contributed by atoms with E-state index in [1.807, 2.05) is 69.3 Å². The molecular weight excluding hydrogens is 707 g/mol. The summed E-state index contributed by atoms with van der Waals surface area (Å²) in [5.41, 5.74) is 5.96. The molecule has 7 rings (SSSR count). The number of likely N-dealkylation sites (N-methyl/N-ethyl adjacent to an activating group) is 1. The number of hydrogen-bond acceptors (Lipinski definition) is 8. The third-order valence-electron chi connectivity index (χ3n) is 11.7. The normalized spacial score (nSPS) is 21.7. The maximum Gasteiger partial charge on any atom is 0.243 e. The number of aromatic nitrogens is 2. The molecule has 12 heteroatoms. The van der Waals surface area contributed by atoms with Gasteiger partial charge in [0.1, 0.15) is 12.1 Å². The SMILES string of the molecule is CN[C@H](C(=O)N1CC(c2ccc3c(c2)CN(C=O)C(C(=O)N[C@@H](Cc2ccccc2)c2noc(C)n2)C3)CC1C(=O)NC1CCCc2ccccc21)C(C)(C)C. The molecule has 294 valence electrons. The highest BCUT2D eigenvalue weighted by molar-refractivity contribution is 5.91. The van der Waals surface area contributed by atoms with Crippen molar-refractivity contribution >= 4 is 24.1 Å². The van der Waals surface area contributed by atoms with Crippen molar-refractivity contribution in [3.63, 3.8) is 0 Å². The summed E-state index contributed by atoms with van der Waals surface area (Å²) in [6.07, 6.45) is 4.84. The summed E-state index contributed by atoms with van der Waals surface area (Å²) in [4.78, 5) is 62.7. The van der Waals surface area contributed by atoms with Crippen molar-refractivity contribution in [2.45, 2.75) is 109 Å². The number of carbonyl (C=O) groups excluding carboxylic acids is 4. The highest BCUT2D eigenvalue weighted by atomic mass is 16.5. The predicted octanol–water partition coefficient (Wildman–Crippen LogP) is 4.87. The molecule has 6 atom stereocenters. The van der Waals surface area contributed by atoms with Gasteiger partial charge in [-0.2, -0.15) is 4.98 Å². The molecule has 56 heavy (non-hydrogen) atoms. The Bertz CT molecular complexity index is 2060. The van der Waals surface area contributed by atoms with Gasteiger partial charge < -0.3 is 30.3 Å². The number of hydrogen-bond donors (Lipinski definition) is 3. The van der Waals surface area contributed by atoms with Gasteiger partial charge in [-0.3, -0.25) is 19.2 Å². The Morgan fingerprint density at radius 1 is 0.964 bits per heavy atom. The quantitative estimate of drug-likeness (QED) is 0.184. The highest BCUT2D eigenvalue weighted by Crippen LogP contribution is 2.37. The minimum absolute atomic E-state index is 0.0906. The van der Waals surface area contributed by atoms with Crippen molar-refractivity contribution in [2.75, 3.05) is 13.6 Å². The first-order valence-electron chi connectivity index (χ1n) is 19.8. The smallest absolute Gasteiger partial charge is 0.243 e. The second-order valence-corrected chi connectivity index (χ2v) is 16.6. The largest absolute Gasteiger partial charge is 0.347 e. The molecule has 1 aromatic heterocycles. The molecule has 0 bridgehead atoms. The zero-order valence-electron chi connectivity index (χ0n) is 33.0. The van der Waals surface area contributed by atoms with E-state index in [2.05, 4.69) is 50.4 Å². The standard InChI is InChI=1S/C44H53N7O5/c1-27-46-40(49-56-27)36(20-28-12-7-6-8-13-28)48-41(53)37-22-31-19-18-30(21-32(31)24-50(37)26-52)33-23-38(51(25-33)43(55)39(45-5)44(2,3)4)42(54)47-35-17-11-15-29-14-9-10-16-34(29)35/h6-10,12-14,16,18-19,21,26,33,35-39,45H,11,15,17,20,22-25H2,1-5H3,(H,47,54)(H,48,53)/t33?,35?,36-,37?,38?,39+/m0/s1. The molecule has 0 spiro atoms. The summed E-state index contributed by atoms with van der Waals surface area (Å²) < 4.78 is 5.24. The topological polar surface area (TPSA) is 150 Å². The minimum Gasteiger partial charge on any atom is -0.347 e. The lowest BCUT2D eigenvalue weighted by Gasteiger charge is -2.35. The summed E-state index contributed by atoms with van der Waals surface area (Å²) in [6, 6.07) is 21.7. The third kappa shape index (κ3) is 8.26. The Morgan fingerprint density at radius 2 is 1.73 bits per heavy atom. The fourth-order valence-electron chi connectivity index (χ4n) is 8.85. The number of nitrogens with one attached hydrogen (secondary N) is 3. The van der Waals surface area contributed by atoms with Crippen LogP contribution >= 0.6 is 0 Å². The molecule has 3 aromatic carbocycles. The first-order valence-corrected chi connectivity index (χ1v) is 19.8. The fraction of sp³-hybridized carbons (Fsp3) is 0.455. The summed E-state index contributed by atoms with van der Waals surface area (Å²) in [7, 11) is 1.79. The van der Waals surface area contributed by atoms with Crippen LogP contribution in [-0.4, -0.2) is 75.8 Å². The van der Waals surface area contributed by atoms with E-state index in [0.717, 1.165) is 53.5 Å². The number of amides is 4. The molecule has 3 heterocycles. The van der Waals surface area contributed by atoms with Gasteiger partial charge in [0.2, 0.25) is 30.0 Å². The lowest BCUT2D eigenvalue weighted by molar-refractivity contribution is -0.142. The monoisotopic (exact) mass is 759 g/mol. The number of fused-ring (bicyclic) bond motifs is 2. The van der Waals surface area contributed by atoms with Crippen molar-refractivity contribution in [2.24, 2.45) is 5.41 Å². The van der Waals surface area contributed by atoms with Crippen LogP contribution in [0.3, 0.4) is 0 Å². The first-order chi connectivity index (χ1) is 26.9. The molecule has 1 aliphatic carbocycles. The zero-order valence-corrected chi connectivity index (χ0v) is 33.0. The van der Waals surface area contributed by atoms with Crippen molar-refractivity contribution < 1.29 is 23.7 Å². The summed E-state index contributed by atoms with van der Waals surface area (Å²) in [6.45, 7) is 8.43. The lowest BCUT2D eigenvalue weighted by atomic mass is 9.85. The molecule has 2 aliphatic heterocycles.